The zero-order valence-corrected chi connectivity index (χ0v) is 10.7. The van der Waals surface area contributed by atoms with Crippen LogP contribution in [0, 0.1) is 0 Å². The number of thioether (sulfide) groups is 1. The minimum atomic E-state index is -0.386. The summed E-state index contributed by atoms with van der Waals surface area (Å²) in [6.45, 7) is 0. The highest BCUT2D eigenvalue weighted by atomic mass is 32.2. The summed E-state index contributed by atoms with van der Waals surface area (Å²) in [5, 5.41) is 11.9. The summed E-state index contributed by atoms with van der Waals surface area (Å²) in [6, 6.07) is 5.52. The number of hydrogen-bond acceptors (Lipinski definition) is 6. The minimum absolute atomic E-state index is 0.279. The van der Waals surface area contributed by atoms with Crippen LogP contribution < -0.4 is 0 Å². The van der Waals surface area contributed by atoms with Crippen molar-refractivity contribution in [2.45, 2.75) is 10.3 Å². The molecule has 6 heteroatoms. The zero-order valence-electron chi connectivity index (χ0n) is 9.07. The molecule has 0 N–H and O–H groups in total. The lowest BCUT2D eigenvalue weighted by atomic mass is 10.2. The molecule has 2 aromatic heterocycles. The second-order valence-electron chi connectivity index (χ2n) is 3.14. The molecule has 0 bridgehead atoms. The average Bonchev–Trinajstić information content (AvgIpc) is 2.90. The Morgan fingerprint density at radius 1 is 1.53 bits per heavy atom. The number of thiophene rings is 1. The van der Waals surface area contributed by atoms with Crippen LogP contribution in [0.4, 0.5) is 0 Å². The molecule has 0 saturated heterocycles. The van der Waals surface area contributed by atoms with Gasteiger partial charge in [0.1, 0.15) is 10.3 Å². The first-order valence-corrected chi connectivity index (χ1v) is 6.68. The third kappa shape index (κ3) is 3.04. The van der Waals surface area contributed by atoms with E-state index in [0.717, 1.165) is 5.56 Å². The summed E-state index contributed by atoms with van der Waals surface area (Å²) in [5.74, 6) is -0.279. The van der Waals surface area contributed by atoms with Crippen LogP contribution in [-0.2, 0) is 9.53 Å². The lowest BCUT2D eigenvalue weighted by Crippen LogP contribution is -2.10. The van der Waals surface area contributed by atoms with Crippen molar-refractivity contribution in [3.05, 3.63) is 40.7 Å². The lowest BCUT2D eigenvalue weighted by molar-refractivity contribution is -0.140. The molecule has 1 atom stereocenters. The first-order chi connectivity index (χ1) is 8.31. The molecule has 0 saturated carbocycles. The number of carbonyl (C=O) groups is 1. The summed E-state index contributed by atoms with van der Waals surface area (Å²) in [6.07, 6.45) is 1.60. The second-order valence-corrected chi connectivity index (χ2v) is 5.05. The fourth-order valence-electron chi connectivity index (χ4n) is 1.25. The number of ether oxygens (including phenoxy) is 1. The molecule has 0 spiro atoms. The lowest BCUT2D eigenvalue weighted by Gasteiger charge is -2.11. The second kappa shape index (κ2) is 5.79. The number of esters is 1. The van der Waals surface area contributed by atoms with Gasteiger partial charge in [0.15, 0.2) is 0 Å². The maximum atomic E-state index is 11.7. The average molecular weight is 266 g/mol. The summed E-state index contributed by atoms with van der Waals surface area (Å²) in [4.78, 5) is 11.7. The molecule has 17 heavy (non-hydrogen) atoms. The number of rotatable bonds is 4. The first-order valence-electron chi connectivity index (χ1n) is 4.85. The maximum absolute atomic E-state index is 11.7. The fourth-order valence-corrected chi connectivity index (χ4v) is 2.99. The van der Waals surface area contributed by atoms with Crippen LogP contribution in [0.5, 0.6) is 0 Å². The van der Waals surface area contributed by atoms with Gasteiger partial charge in [0, 0.05) is 6.20 Å². The number of carbonyl (C=O) groups excluding carboxylic acids is 1. The third-order valence-electron chi connectivity index (χ3n) is 2.05. The van der Waals surface area contributed by atoms with Gasteiger partial charge in [-0.15, -0.1) is 5.10 Å². The number of aromatic nitrogens is 2. The van der Waals surface area contributed by atoms with Gasteiger partial charge >= 0.3 is 5.97 Å². The number of hydrogen-bond donors (Lipinski definition) is 0. The Morgan fingerprint density at radius 3 is 3.00 bits per heavy atom. The molecule has 88 valence electrons. The van der Waals surface area contributed by atoms with Crippen LogP contribution in [0.15, 0.2) is 40.2 Å². The van der Waals surface area contributed by atoms with Crippen molar-refractivity contribution in [2.75, 3.05) is 7.11 Å². The minimum Gasteiger partial charge on any atom is -0.468 e. The Labute approximate surface area is 107 Å². The zero-order chi connectivity index (χ0) is 12.1. The van der Waals surface area contributed by atoms with Crippen molar-refractivity contribution in [1.82, 2.24) is 10.2 Å². The van der Waals surface area contributed by atoms with E-state index in [4.69, 9.17) is 4.74 Å². The highest BCUT2D eigenvalue weighted by molar-refractivity contribution is 8.00. The van der Waals surface area contributed by atoms with E-state index in [0.29, 0.717) is 5.03 Å². The van der Waals surface area contributed by atoms with Crippen molar-refractivity contribution >= 4 is 29.1 Å². The maximum Gasteiger partial charge on any atom is 0.323 e. The molecular weight excluding hydrogens is 256 g/mol. The van der Waals surface area contributed by atoms with E-state index in [-0.39, 0.29) is 11.2 Å². The highest BCUT2D eigenvalue weighted by Crippen LogP contribution is 2.35. The highest BCUT2D eigenvalue weighted by Gasteiger charge is 2.23. The fraction of sp³-hybridized carbons (Fsp3) is 0.182. The topological polar surface area (TPSA) is 52.1 Å². The van der Waals surface area contributed by atoms with Crippen LogP contribution in [0.1, 0.15) is 10.8 Å². The Balaban J connectivity index is 2.20. The Kier molecular flexibility index (Phi) is 4.11. The molecule has 2 aromatic rings. The number of methoxy groups -OCH3 is 1. The molecule has 0 aliphatic carbocycles. The van der Waals surface area contributed by atoms with Crippen molar-refractivity contribution in [3.63, 3.8) is 0 Å². The molecular formula is C11H10N2O2S2. The molecule has 0 aromatic carbocycles. The van der Waals surface area contributed by atoms with Gasteiger partial charge in [0.25, 0.3) is 0 Å². The third-order valence-corrected chi connectivity index (χ3v) is 3.91. The van der Waals surface area contributed by atoms with Crippen LogP contribution in [0.3, 0.4) is 0 Å². The normalized spacial score (nSPS) is 12.1. The SMILES string of the molecule is COC(=O)[C@@H](Sc1cccnn1)c1ccsc1. The van der Waals surface area contributed by atoms with Crippen LogP contribution >= 0.6 is 23.1 Å². The van der Waals surface area contributed by atoms with Gasteiger partial charge in [0.05, 0.1) is 7.11 Å². The van der Waals surface area contributed by atoms with Gasteiger partial charge in [-0.2, -0.15) is 16.4 Å². The standard InChI is InChI=1S/C11H10N2O2S2/c1-15-11(14)10(8-4-6-16-7-8)17-9-3-2-5-12-13-9/h2-7,10H,1H3/t10-/m0/s1. The Hall–Kier alpha value is -1.40. The first kappa shape index (κ1) is 12.1. The van der Waals surface area contributed by atoms with E-state index in [1.807, 2.05) is 22.9 Å². The predicted molar refractivity (Wildman–Crippen MR) is 67.0 cm³/mol. The number of nitrogens with zero attached hydrogens (tertiary/aromatic N) is 2. The van der Waals surface area contributed by atoms with Gasteiger partial charge in [-0.25, -0.2) is 0 Å². The summed E-state index contributed by atoms with van der Waals surface area (Å²) < 4.78 is 4.81. The van der Waals surface area contributed by atoms with E-state index >= 15 is 0 Å². The van der Waals surface area contributed by atoms with E-state index < -0.39 is 0 Å². The molecule has 0 fully saturated rings. The van der Waals surface area contributed by atoms with Gasteiger partial charge in [-0.05, 0) is 34.5 Å². The molecule has 4 nitrogen and oxygen atoms in total. The molecule has 0 aliphatic rings. The van der Waals surface area contributed by atoms with Gasteiger partial charge in [-0.3, -0.25) is 4.79 Å². The van der Waals surface area contributed by atoms with E-state index in [1.54, 1.807) is 23.6 Å². The Morgan fingerprint density at radius 2 is 2.41 bits per heavy atom. The monoisotopic (exact) mass is 266 g/mol. The predicted octanol–water partition coefficient (Wildman–Crippen LogP) is 2.54. The van der Waals surface area contributed by atoms with Crippen LogP contribution in [-0.4, -0.2) is 23.3 Å². The smallest absolute Gasteiger partial charge is 0.323 e. The van der Waals surface area contributed by atoms with Gasteiger partial charge in [0.2, 0.25) is 0 Å². The van der Waals surface area contributed by atoms with Gasteiger partial charge < -0.3 is 4.74 Å². The molecule has 2 rings (SSSR count). The molecule has 0 radical (unpaired) electrons. The van der Waals surface area contributed by atoms with E-state index in [9.17, 15) is 4.79 Å². The van der Waals surface area contributed by atoms with E-state index in [2.05, 4.69) is 10.2 Å². The quantitative estimate of drug-likeness (QED) is 0.629. The molecule has 0 unspecified atom stereocenters. The molecule has 0 aliphatic heterocycles. The molecule has 2 heterocycles. The van der Waals surface area contributed by atoms with Gasteiger partial charge in [-0.1, -0.05) is 11.8 Å². The van der Waals surface area contributed by atoms with Crippen molar-refractivity contribution in [1.29, 1.82) is 0 Å². The van der Waals surface area contributed by atoms with Crippen molar-refractivity contribution in [3.8, 4) is 0 Å². The van der Waals surface area contributed by atoms with Crippen molar-refractivity contribution in [2.24, 2.45) is 0 Å². The van der Waals surface area contributed by atoms with Crippen LogP contribution in [0.2, 0.25) is 0 Å². The van der Waals surface area contributed by atoms with Crippen molar-refractivity contribution < 1.29 is 9.53 Å². The van der Waals surface area contributed by atoms with Crippen LogP contribution in [0.25, 0.3) is 0 Å². The molecule has 0 amide bonds. The summed E-state index contributed by atoms with van der Waals surface area (Å²) >= 11 is 2.89. The summed E-state index contributed by atoms with van der Waals surface area (Å²) in [5.41, 5.74) is 0.928. The Bertz CT molecular complexity index is 473. The summed E-state index contributed by atoms with van der Waals surface area (Å²) in [7, 11) is 1.39. The largest absolute Gasteiger partial charge is 0.468 e. The van der Waals surface area contributed by atoms with E-state index in [1.165, 1.54) is 18.9 Å².